The van der Waals surface area contributed by atoms with Crippen molar-refractivity contribution in [3.63, 3.8) is 0 Å². The lowest BCUT2D eigenvalue weighted by atomic mass is 10.1. The number of nitrogens with zero attached hydrogens (tertiary/aromatic N) is 1. The van der Waals surface area contributed by atoms with Crippen molar-refractivity contribution in [3.05, 3.63) is 29.8 Å². The number of hydrogen-bond donors (Lipinski definition) is 1. The normalized spacial score (nSPS) is 18.6. The molecule has 132 valence electrons. The van der Waals surface area contributed by atoms with Crippen LogP contribution in [0.3, 0.4) is 0 Å². The number of rotatable bonds is 5. The molecule has 0 bridgehead atoms. The number of carbonyl (C=O) groups excluding carboxylic acids is 1. The Bertz CT molecular complexity index is 711. The van der Waals surface area contributed by atoms with Gasteiger partial charge in [-0.2, -0.15) is 0 Å². The quantitative estimate of drug-likeness (QED) is 0.835. The zero-order valence-corrected chi connectivity index (χ0v) is 14.5. The highest BCUT2D eigenvalue weighted by molar-refractivity contribution is 7.92. The van der Waals surface area contributed by atoms with Gasteiger partial charge in [0.05, 0.1) is 29.8 Å². The van der Waals surface area contributed by atoms with Crippen LogP contribution in [0, 0.1) is 0 Å². The van der Waals surface area contributed by atoms with Gasteiger partial charge in [0.1, 0.15) is 0 Å². The second-order valence-corrected chi connectivity index (χ2v) is 8.43. The van der Waals surface area contributed by atoms with Gasteiger partial charge >= 0.3 is 5.97 Å². The van der Waals surface area contributed by atoms with E-state index in [1.54, 1.807) is 26.0 Å². The maximum absolute atomic E-state index is 12.4. The van der Waals surface area contributed by atoms with Gasteiger partial charge in [-0.3, -0.25) is 4.79 Å². The molecule has 24 heavy (non-hydrogen) atoms. The van der Waals surface area contributed by atoms with Gasteiger partial charge < -0.3 is 14.7 Å². The molecule has 0 aromatic heterocycles. The average Bonchev–Trinajstić information content (AvgIpc) is 2.55. The molecule has 0 spiro atoms. The number of amides is 1. The molecule has 1 saturated heterocycles. The molecule has 1 aliphatic heterocycles. The molecule has 8 heteroatoms. The van der Waals surface area contributed by atoms with E-state index >= 15 is 0 Å². The van der Waals surface area contributed by atoms with Gasteiger partial charge in [-0.25, -0.2) is 13.2 Å². The molecule has 1 atom stereocenters. The molecule has 1 heterocycles. The molecule has 0 aliphatic carbocycles. The van der Waals surface area contributed by atoms with Crippen molar-refractivity contribution >= 4 is 21.7 Å². The monoisotopic (exact) mass is 355 g/mol. The molecule has 1 aliphatic rings. The van der Waals surface area contributed by atoms with Gasteiger partial charge in [0, 0.05) is 6.54 Å². The number of hydrogen-bond acceptors (Lipinski definition) is 5. The summed E-state index contributed by atoms with van der Waals surface area (Å²) in [5.41, 5.74) is 0.637. The largest absolute Gasteiger partial charge is 0.480 e. The van der Waals surface area contributed by atoms with Crippen molar-refractivity contribution in [1.82, 2.24) is 4.90 Å². The molecule has 0 radical (unpaired) electrons. The van der Waals surface area contributed by atoms with Crippen molar-refractivity contribution < 1.29 is 27.9 Å². The van der Waals surface area contributed by atoms with E-state index in [-0.39, 0.29) is 30.4 Å². The van der Waals surface area contributed by atoms with Gasteiger partial charge in [-0.1, -0.05) is 12.1 Å². The van der Waals surface area contributed by atoms with E-state index in [1.807, 2.05) is 0 Å². The van der Waals surface area contributed by atoms with Crippen LogP contribution in [-0.4, -0.2) is 61.4 Å². The molecule has 1 amide bonds. The van der Waals surface area contributed by atoms with Crippen molar-refractivity contribution in [2.45, 2.75) is 36.5 Å². The van der Waals surface area contributed by atoms with Crippen molar-refractivity contribution in [1.29, 1.82) is 0 Å². The summed E-state index contributed by atoms with van der Waals surface area (Å²) >= 11 is 0. The summed E-state index contributed by atoms with van der Waals surface area (Å²) in [6.45, 7) is 3.73. The third-order valence-corrected chi connectivity index (χ3v) is 6.13. The molecule has 7 nitrogen and oxygen atoms in total. The lowest BCUT2D eigenvalue weighted by Crippen LogP contribution is -2.53. The number of sulfone groups is 1. The first-order chi connectivity index (χ1) is 11.2. The van der Waals surface area contributed by atoms with Crippen LogP contribution in [0.5, 0.6) is 0 Å². The summed E-state index contributed by atoms with van der Waals surface area (Å²) in [4.78, 5) is 25.1. The van der Waals surface area contributed by atoms with Gasteiger partial charge in [-0.05, 0) is 31.5 Å². The number of benzene rings is 1. The Morgan fingerprint density at radius 2 is 1.92 bits per heavy atom. The van der Waals surface area contributed by atoms with Crippen LogP contribution in [0.2, 0.25) is 0 Å². The number of carbonyl (C=O) groups is 2. The number of carboxylic acid groups (broad SMARTS) is 1. The first kappa shape index (κ1) is 18.4. The fourth-order valence-corrected chi connectivity index (χ4v) is 3.51. The van der Waals surface area contributed by atoms with E-state index in [0.29, 0.717) is 12.2 Å². The molecule has 1 aromatic carbocycles. The van der Waals surface area contributed by atoms with Gasteiger partial charge in [-0.15, -0.1) is 0 Å². The average molecular weight is 355 g/mol. The number of ether oxygens (including phenoxy) is 1. The van der Waals surface area contributed by atoms with E-state index in [0.717, 1.165) is 0 Å². The third kappa shape index (κ3) is 3.93. The molecule has 1 unspecified atom stereocenters. The zero-order chi connectivity index (χ0) is 17.9. The van der Waals surface area contributed by atoms with Crippen LogP contribution >= 0.6 is 0 Å². The maximum atomic E-state index is 12.4. The first-order valence-electron chi connectivity index (χ1n) is 7.66. The second-order valence-electron chi connectivity index (χ2n) is 5.93. The van der Waals surface area contributed by atoms with Crippen LogP contribution in [0.1, 0.15) is 19.4 Å². The predicted molar refractivity (Wildman–Crippen MR) is 86.4 cm³/mol. The fraction of sp³-hybridized carbons (Fsp3) is 0.500. The maximum Gasteiger partial charge on any atom is 0.328 e. The summed E-state index contributed by atoms with van der Waals surface area (Å²) in [5.74, 6) is -1.41. The van der Waals surface area contributed by atoms with E-state index in [9.17, 15) is 18.0 Å². The minimum atomic E-state index is -3.35. The van der Waals surface area contributed by atoms with E-state index in [2.05, 4.69) is 0 Å². The van der Waals surface area contributed by atoms with Gasteiger partial charge in [0.15, 0.2) is 15.9 Å². The summed E-state index contributed by atoms with van der Waals surface area (Å²) in [6.07, 6.45) is 0.0196. The Kier molecular flexibility index (Phi) is 5.61. The summed E-state index contributed by atoms with van der Waals surface area (Å²) in [7, 11) is -3.35. The summed E-state index contributed by atoms with van der Waals surface area (Å²) in [6, 6.07) is 5.15. The van der Waals surface area contributed by atoms with Crippen LogP contribution in [0.4, 0.5) is 0 Å². The SMILES string of the molecule is CC(C)S(=O)(=O)c1ccc(CC(=O)N2CCOCC2C(=O)O)cc1. The van der Waals surface area contributed by atoms with E-state index in [1.165, 1.54) is 17.0 Å². The Labute approximate surface area is 141 Å². The molecule has 2 rings (SSSR count). The Balaban J connectivity index is 2.11. The van der Waals surface area contributed by atoms with Gasteiger partial charge in [0.2, 0.25) is 5.91 Å². The summed E-state index contributed by atoms with van der Waals surface area (Å²) in [5, 5.41) is 8.64. The minimum Gasteiger partial charge on any atom is -0.480 e. The fourth-order valence-electron chi connectivity index (χ4n) is 2.45. The molecule has 0 saturated carbocycles. The van der Waals surface area contributed by atoms with Gasteiger partial charge in [0.25, 0.3) is 0 Å². The molecular formula is C16H21NO6S. The van der Waals surface area contributed by atoms with Crippen LogP contribution in [0.15, 0.2) is 29.2 Å². The molecule has 1 N–H and O–H groups in total. The molecule has 1 aromatic rings. The number of morpholine rings is 1. The van der Waals surface area contributed by atoms with E-state index in [4.69, 9.17) is 9.84 Å². The van der Waals surface area contributed by atoms with Crippen molar-refractivity contribution in [3.8, 4) is 0 Å². The molecular weight excluding hydrogens is 334 g/mol. The zero-order valence-electron chi connectivity index (χ0n) is 13.6. The van der Waals surface area contributed by atoms with Crippen molar-refractivity contribution in [2.24, 2.45) is 0 Å². The van der Waals surface area contributed by atoms with Crippen LogP contribution in [-0.2, 0) is 30.6 Å². The lowest BCUT2D eigenvalue weighted by molar-refractivity contribution is -0.158. The van der Waals surface area contributed by atoms with Crippen molar-refractivity contribution in [2.75, 3.05) is 19.8 Å². The first-order valence-corrected chi connectivity index (χ1v) is 9.21. The Hall–Kier alpha value is -1.93. The Morgan fingerprint density at radius 1 is 1.29 bits per heavy atom. The standard InChI is InChI=1S/C16H21NO6S/c1-11(2)24(21,22)13-5-3-12(4-6-13)9-15(18)17-7-8-23-10-14(17)16(19)20/h3-6,11,14H,7-10H2,1-2H3,(H,19,20). The highest BCUT2D eigenvalue weighted by Gasteiger charge is 2.32. The lowest BCUT2D eigenvalue weighted by Gasteiger charge is -2.32. The highest BCUT2D eigenvalue weighted by Crippen LogP contribution is 2.17. The van der Waals surface area contributed by atoms with Crippen LogP contribution in [0.25, 0.3) is 0 Å². The topological polar surface area (TPSA) is 101 Å². The second kappa shape index (κ2) is 7.31. The summed E-state index contributed by atoms with van der Waals surface area (Å²) < 4.78 is 29.3. The van der Waals surface area contributed by atoms with E-state index < -0.39 is 27.1 Å². The minimum absolute atomic E-state index is 0.0196. The number of carboxylic acids is 1. The highest BCUT2D eigenvalue weighted by atomic mass is 32.2. The smallest absolute Gasteiger partial charge is 0.328 e. The van der Waals surface area contributed by atoms with Crippen LogP contribution < -0.4 is 0 Å². The number of aliphatic carboxylic acids is 1. The predicted octanol–water partition coefficient (Wildman–Crippen LogP) is 0.723. The third-order valence-electron chi connectivity index (χ3n) is 3.96. The molecule has 1 fully saturated rings. The Morgan fingerprint density at radius 3 is 2.46 bits per heavy atom.